The first kappa shape index (κ1) is 17.0. The van der Waals surface area contributed by atoms with Gasteiger partial charge in [-0.15, -0.1) is 0 Å². The smallest absolute Gasteiger partial charge is 0.269 e. The third-order valence-electron chi connectivity index (χ3n) is 4.77. The zero-order chi connectivity index (χ0) is 18.6. The fourth-order valence-electron chi connectivity index (χ4n) is 3.45. The number of nitro groups is 1. The van der Waals surface area contributed by atoms with E-state index in [1.807, 2.05) is 36.4 Å². The minimum atomic E-state index is -0.350. The van der Waals surface area contributed by atoms with Gasteiger partial charge in [-0.1, -0.05) is 60.7 Å². The maximum atomic E-state index is 11.0. The van der Waals surface area contributed by atoms with Crippen LogP contribution in [0.2, 0.25) is 0 Å². The Morgan fingerprint density at radius 1 is 0.963 bits per heavy atom. The fourth-order valence-corrected chi connectivity index (χ4v) is 3.45. The van der Waals surface area contributed by atoms with Crippen molar-refractivity contribution in [3.8, 4) is 5.75 Å². The third kappa shape index (κ3) is 3.60. The molecule has 0 atom stereocenters. The topological polar surface area (TPSA) is 52.4 Å². The van der Waals surface area contributed by atoms with E-state index in [4.69, 9.17) is 4.74 Å². The Labute approximate surface area is 157 Å². The van der Waals surface area contributed by atoms with Crippen molar-refractivity contribution < 1.29 is 9.66 Å². The van der Waals surface area contributed by atoms with E-state index in [1.165, 1.54) is 11.6 Å². The zero-order valence-corrected chi connectivity index (χ0v) is 14.8. The summed E-state index contributed by atoms with van der Waals surface area (Å²) in [7, 11) is 0. The van der Waals surface area contributed by atoms with Crippen LogP contribution >= 0.6 is 0 Å². The summed E-state index contributed by atoms with van der Waals surface area (Å²) in [5.41, 5.74) is 5.69. The number of nitro benzene ring substituents is 1. The Bertz CT molecular complexity index is 974. The van der Waals surface area contributed by atoms with Crippen LogP contribution in [0.5, 0.6) is 5.75 Å². The van der Waals surface area contributed by atoms with Gasteiger partial charge in [0.1, 0.15) is 12.4 Å². The van der Waals surface area contributed by atoms with Gasteiger partial charge in [0, 0.05) is 17.7 Å². The molecule has 1 aliphatic heterocycles. The highest BCUT2D eigenvalue weighted by Crippen LogP contribution is 2.36. The van der Waals surface area contributed by atoms with Crippen molar-refractivity contribution in [2.75, 3.05) is 0 Å². The molecule has 0 saturated heterocycles. The predicted molar refractivity (Wildman–Crippen MR) is 106 cm³/mol. The summed E-state index contributed by atoms with van der Waals surface area (Å²) < 4.78 is 6.00. The average molecular weight is 357 g/mol. The molecule has 0 aliphatic carbocycles. The maximum absolute atomic E-state index is 11.0. The normalized spacial score (nSPS) is 14.0. The highest BCUT2D eigenvalue weighted by molar-refractivity contribution is 5.84. The number of fused-ring (bicyclic) bond motifs is 2. The van der Waals surface area contributed by atoms with Crippen molar-refractivity contribution in [3.63, 3.8) is 0 Å². The third-order valence-corrected chi connectivity index (χ3v) is 4.77. The summed E-state index contributed by atoms with van der Waals surface area (Å²) in [5, 5.41) is 11.0. The largest absolute Gasteiger partial charge is 0.488 e. The van der Waals surface area contributed by atoms with E-state index in [2.05, 4.69) is 24.3 Å². The van der Waals surface area contributed by atoms with Crippen LogP contribution in [0.4, 0.5) is 5.69 Å². The Hall–Kier alpha value is -3.40. The number of rotatable bonds is 4. The number of aryl methyl sites for hydroxylation is 1. The maximum Gasteiger partial charge on any atom is 0.269 e. The minimum absolute atomic E-state index is 0.138. The highest BCUT2D eigenvalue weighted by atomic mass is 16.6. The first-order valence-electron chi connectivity index (χ1n) is 8.96. The Kier molecular flexibility index (Phi) is 4.71. The number of benzene rings is 3. The molecule has 0 fully saturated rings. The number of hydrogen-bond acceptors (Lipinski definition) is 3. The first-order valence-corrected chi connectivity index (χ1v) is 8.96. The van der Waals surface area contributed by atoms with Gasteiger partial charge >= 0.3 is 0 Å². The lowest BCUT2D eigenvalue weighted by molar-refractivity contribution is -0.384. The summed E-state index contributed by atoms with van der Waals surface area (Å²) in [4.78, 5) is 10.6. The molecule has 4 nitrogen and oxygen atoms in total. The van der Waals surface area contributed by atoms with Gasteiger partial charge < -0.3 is 4.74 Å². The van der Waals surface area contributed by atoms with Gasteiger partial charge in [-0.25, -0.2) is 0 Å². The van der Waals surface area contributed by atoms with Crippen LogP contribution in [0.3, 0.4) is 0 Å². The molecule has 0 amide bonds. The van der Waals surface area contributed by atoms with Crippen molar-refractivity contribution in [1.82, 2.24) is 0 Å². The summed E-state index contributed by atoms with van der Waals surface area (Å²) in [6.07, 6.45) is 3.75. The summed E-state index contributed by atoms with van der Waals surface area (Å²) in [5.74, 6) is 0.885. The van der Waals surface area contributed by atoms with E-state index in [1.54, 1.807) is 12.1 Å². The van der Waals surface area contributed by atoms with Crippen molar-refractivity contribution in [3.05, 3.63) is 111 Å². The molecule has 3 aromatic rings. The molecule has 0 bridgehead atoms. The molecule has 0 aromatic heterocycles. The summed E-state index contributed by atoms with van der Waals surface area (Å²) >= 11 is 0. The van der Waals surface area contributed by atoms with E-state index < -0.39 is 0 Å². The van der Waals surface area contributed by atoms with Crippen molar-refractivity contribution in [2.24, 2.45) is 0 Å². The molecule has 0 saturated carbocycles. The Balaban J connectivity index is 1.66. The first-order chi connectivity index (χ1) is 13.2. The van der Waals surface area contributed by atoms with Gasteiger partial charge in [-0.2, -0.15) is 0 Å². The SMILES string of the molecule is O=[N+]([O-])c1cccc(CC/C=C2\c3ccccc3COc3ccccc32)c1. The van der Waals surface area contributed by atoms with Crippen LogP contribution in [-0.2, 0) is 13.0 Å². The van der Waals surface area contributed by atoms with E-state index in [9.17, 15) is 10.1 Å². The van der Waals surface area contributed by atoms with Gasteiger partial charge in [0.15, 0.2) is 0 Å². The number of nitrogens with zero attached hydrogens (tertiary/aromatic N) is 1. The molecule has 134 valence electrons. The molecule has 1 aliphatic rings. The number of non-ortho nitro benzene ring substituents is 1. The van der Waals surface area contributed by atoms with Gasteiger partial charge in [0.05, 0.1) is 4.92 Å². The van der Waals surface area contributed by atoms with Crippen molar-refractivity contribution in [2.45, 2.75) is 19.4 Å². The fraction of sp³-hybridized carbons (Fsp3) is 0.130. The van der Waals surface area contributed by atoms with E-state index in [0.717, 1.165) is 40.9 Å². The van der Waals surface area contributed by atoms with E-state index in [0.29, 0.717) is 6.61 Å². The minimum Gasteiger partial charge on any atom is -0.488 e. The number of para-hydroxylation sites is 1. The number of hydrogen-bond donors (Lipinski definition) is 0. The Morgan fingerprint density at radius 3 is 2.59 bits per heavy atom. The quantitative estimate of drug-likeness (QED) is 0.454. The highest BCUT2D eigenvalue weighted by Gasteiger charge is 2.18. The molecule has 0 spiro atoms. The molecule has 4 rings (SSSR count). The molecule has 4 heteroatoms. The van der Waals surface area contributed by atoms with Crippen LogP contribution in [0.1, 0.15) is 28.7 Å². The van der Waals surface area contributed by atoms with Crippen LogP contribution < -0.4 is 4.74 Å². The second-order valence-electron chi connectivity index (χ2n) is 6.53. The van der Waals surface area contributed by atoms with Crippen molar-refractivity contribution >= 4 is 11.3 Å². The van der Waals surface area contributed by atoms with Gasteiger partial charge in [0.25, 0.3) is 5.69 Å². The molecular formula is C23H19NO3. The van der Waals surface area contributed by atoms with E-state index in [-0.39, 0.29) is 10.6 Å². The van der Waals surface area contributed by atoms with Crippen LogP contribution in [0.25, 0.3) is 5.57 Å². The number of ether oxygens (including phenoxy) is 1. The van der Waals surface area contributed by atoms with Crippen molar-refractivity contribution in [1.29, 1.82) is 0 Å². The van der Waals surface area contributed by atoms with Crippen LogP contribution in [-0.4, -0.2) is 4.92 Å². The van der Waals surface area contributed by atoms with Gasteiger partial charge in [-0.05, 0) is 41.2 Å². The van der Waals surface area contributed by atoms with E-state index >= 15 is 0 Å². The van der Waals surface area contributed by atoms with Crippen LogP contribution in [0.15, 0.2) is 78.9 Å². The van der Waals surface area contributed by atoms with Gasteiger partial charge in [0.2, 0.25) is 0 Å². The molecule has 27 heavy (non-hydrogen) atoms. The molecular weight excluding hydrogens is 338 g/mol. The lowest BCUT2D eigenvalue weighted by Crippen LogP contribution is -1.95. The lowest BCUT2D eigenvalue weighted by Gasteiger charge is -2.10. The number of allylic oxidation sites excluding steroid dienone is 1. The van der Waals surface area contributed by atoms with Crippen LogP contribution in [0, 0.1) is 10.1 Å². The molecule has 0 radical (unpaired) electrons. The predicted octanol–water partition coefficient (Wildman–Crippen LogP) is 5.55. The summed E-state index contributed by atoms with van der Waals surface area (Å²) in [6.45, 7) is 0.551. The molecule has 1 heterocycles. The monoisotopic (exact) mass is 357 g/mol. The van der Waals surface area contributed by atoms with Gasteiger partial charge in [-0.3, -0.25) is 10.1 Å². The molecule has 0 unspecified atom stereocenters. The summed E-state index contributed by atoms with van der Waals surface area (Å²) in [6, 6.07) is 23.2. The molecule has 3 aromatic carbocycles. The zero-order valence-electron chi connectivity index (χ0n) is 14.8. The lowest BCUT2D eigenvalue weighted by atomic mass is 9.93. The standard InChI is InChI=1S/C23H19NO3/c25-24(26)19-10-5-7-17(15-19)8-6-13-21-20-11-2-1-9-18(20)16-27-23-14-4-3-12-22(21)23/h1-5,7,9-15H,6,8,16H2/b21-13+. The second-order valence-corrected chi connectivity index (χ2v) is 6.53. The Morgan fingerprint density at radius 2 is 1.74 bits per heavy atom. The molecule has 0 N–H and O–H groups in total. The average Bonchev–Trinajstić information content (AvgIpc) is 2.86. The second kappa shape index (κ2) is 7.46.